The zero-order valence-corrected chi connectivity index (χ0v) is 18.3. The summed E-state index contributed by atoms with van der Waals surface area (Å²) in [6.07, 6.45) is 0. The number of ether oxygens (including phenoxy) is 2. The molecule has 0 aliphatic carbocycles. The van der Waals surface area contributed by atoms with E-state index in [1.165, 1.54) is 38.5 Å². The van der Waals surface area contributed by atoms with Gasteiger partial charge in [-0.2, -0.15) is 4.72 Å². The normalized spacial score (nSPS) is 14.0. The van der Waals surface area contributed by atoms with Crippen LogP contribution in [0.15, 0.2) is 29.2 Å². The average molecular weight is 404 g/mol. The summed E-state index contributed by atoms with van der Waals surface area (Å²) in [5, 5.41) is -0.0669. The molecule has 7 nitrogen and oxygen atoms in total. The van der Waals surface area contributed by atoms with Crippen LogP contribution in [0.25, 0.3) is 0 Å². The molecule has 0 saturated carbocycles. The maximum atomic E-state index is 12.6. The molecule has 148 valence electrons. The number of rotatable bonds is 8. The number of carbonyl (C=O) groups excluding carboxylic acids is 1. The van der Waals surface area contributed by atoms with Gasteiger partial charge in [0.05, 0.1) is 25.7 Å². The first-order valence-electron chi connectivity index (χ1n) is 8.22. The maximum absolute atomic E-state index is 12.6. The zero-order valence-electron chi connectivity index (χ0n) is 16.5. The van der Waals surface area contributed by atoms with Crippen molar-refractivity contribution in [1.29, 1.82) is 0 Å². The van der Waals surface area contributed by atoms with Gasteiger partial charge >= 0.3 is 5.97 Å². The third-order valence-electron chi connectivity index (χ3n) is 4.57. The van der Waals surface area contributed by atoms with E-state index in [0.29, 0.717) is 5.75 Å². The molecule has 0 aliphatic rings. The first kappa shape index (κ1) is 22.6. The van der Waals surface area contributed by atoms with Crippen molar-refractivity contribution in [3.8, 4) is 5.75 Å². The van der Waals surface area contributed by atoms with Crippen molar-refractivity contribution < 1.29 is 27.1 Å². The van der Waals surface area contributed by atoms with Gasteiger partial charge < -0.3 is 13.9 Å². The molecule has 1 aromatic rings. The second kappa shape index (κ2) is 8.51. The summed E-state index contributed by atoms with van der Waals surface area (Å²) in [6.45, 7) is 10.2. The number of hydrogen-bond acceptors (Lipinski definition) is 6. The Labute approximate surface area is 157 Å². The summed E-state index contributed by atoms with van der Waals surface area (Å²) >= 11 is 0. The van der Waals surface area contributed by atoms with Gasteiger partial charge in [-0.15, -0.1) is 0 Å². The molecule has 0 spiro atoms. The van der Waals surface area contributed by atoms with Crippen molar-refractivity contribution in [3.05, 3.63) is 24.3 Å². The van der Waals surface area contributed by atoms with Crippen molar-refractivity contribution in [1.82, 2.24) is 4.72 Å². The minimum atomic E-state index is -3.91. The second-order valence-electron chi connectivity index (χ2n) is 7.44. The van der Waals surface area contributed by atoms with E-state index < -0.39 is 30.4 Å². The molecule has 1 rings (SSSR count). The number of benzene rings is 1. The fourth-order valence-corrected chi connectivity index (χ4v) is 4.00. The molecule has 0 aromatic heterocycles. The van der Waals surface area contributed by atoms with E-state index in [-0.39, 0.29) is 16.5 Å². The first-order valence-corrected chi connectivity index (χ1v) is 12.6. The molecule has 0 unspecified atom stereocenters. The van der Waals surface area contributed by atoms with E-state index in [1.807, 2.05) is 13.1 Å². The monoisotopic (exact) mass is 403 g/mol. The Hall–Kier alpha value is -1.42. The van der Waals surface area contributed by atoms with Gasteiger partial charge in [0.15, 0.2) is 8.32 Å². The lowest BCUT2D eigenvalue weighted by atomic mass is 10.2. The smallest absolute Gasteiger partial charge is 0.326 e. The van der Waals surface area contributed by atoms with Gasteiger partial charge in [0.2, 0.25) is 10.0 Å². The van der Waals surface area contributed by atoms with Gasteiger partial charge in [0.1, 0.15) is 11.8 Å². The fraction of sp³-hybridized carbons (Fsp3) is 0.588. The maximum Gasteiger partial charge on any atom is 0.326 e. The zero-order chi connectivity index (χ0) is 20.2. The summed E-state index contributed by atoms with van der Waals surface area (Å²) in [5.74, 6) is -0.157. The van der Waals surface area contributed by atoms with Crippen LogP contribution >= 0.6 is 0 Å². The van der Waals surface area contributed by atoms with Gasteiger partial charge in [0.25, 0.3) is 0 Å². The molecule has 1 atom stereocenters. The first-order chi connectivity index (χ1) is 11.8. The van der Waals surface area contributed by atoms with Crippen LogP contribution in [0.4, 0.5) is 0 Å². The number of carbonyl (C=O) groups is 1. The van der Waals surface area contributed by atoms with Gasteiger partial charge in [-0.1, -0.05) is 20.8 Å². The van der Waals surface area contributed by atoms with Gasteiger partial charge in [-0.25, -0.2) is 8.42 Å². The number of esters is 1. The van der Waals surface area contributed by atoms with Gasteiger partial charge in [-0.05, 0) is 42.4 Å². The highest BCUT2D eigenvalue weighted by molar-refractivity contribution is 7.89. The van der Waals surface area contributed by atoms with Crippen molar-refractivity contribution in [2.24, 2.45) is 0 Å². The molecule has 0 amide bonds. The highest BCUT2D eigenvalue weighted by atomic mass is 32.2. The number of methoxy groups -OCH3 is 2. The molecule has 26 heavy (non-hydrogen) atoms. The number of nitrogens with one attached hydrogen (secondary N) is 1. The predicted molar refractivity (Wildman–Crippen MR) is 102 cm³/mol. The summed E-state index contributed by atoms with van der Waals surface area (Å²) in [7, 11) is -3.36. The van der Waals surface area contributed by atoms with Crippen molar-refractivity contribution in [2.45, 2.75) is 49.8 Å². The highest BCUT2D eigenvalue weighted by Gasteiger charge is 2.39. The minimum Gasteiger partial charge on any atom is -0.497 e. The molecular formula is C17H29NO6SSi. The molecule has 0 radical (unpaired) electrons. The summed E-state index contributed by atoms with van der Waals surface area (Å²) in [4.78, 5) is 12.1. The molecule has 1 N–H and O–H groups in total. The van der Waals surface area contributed by atoms with Gasteiger partial charge in [0, 0.05) is 0 Å². The molecule has 0 aliphatic heterocycles. The number of hydrogen-bond donors (Lipinski definition) is 1. The van der Waals surface area contributed by atoms with Crippen LogP contribution in [0, 0.1) is 0 Å². The van der Waals surface area contributed by atoms with E-state index >= 15 is 0 Å². The molecular weight excluding hydrogens is 374 g/mol. The Morgan fingerprint density at radius 3 is 2.12 bits per heavy atom. The predicted octanol–water partition coefficient (Wildman–Crippen LogP) is 2.54. The SMILES string of the molecule is COC(=O)[C@@H](CO[Si](C)(C)C(C)(C)C)NS(=O)(=O)c1ccc(OC)cc1. The minimum absolute atomic E-state index is 0.0273. The van der Waals surface area contributed by atoms with Crippen LogP contribution in [-0.4, -0.2) is 49.6 Å². The Morgan fingerprint density at radius 2 is 1.69 bits per heavy atom. The summed E-state index contributed by atoms with van der Waals surface area (Å²) in [5.41, 5.74) is 0. The van der Waals surface area contributed by atoms with E-state index in [1.54, 1.807) is 0 Å². The Kier molecular flexibility index (Phi) is 7.40. The van der Waals surface area contributed by atoms with Crippen LogP contribution in [0.5, 0.6) is 5.75 Å². The topological polar surface area (TPSA) is 90.9 Å². The lowest BCUT2D eigenvalue weighted by Crippen LogP contribution is -2.49. The Bertz CT molecular complexity index is 710. The molecule has 9 heteroatoms. The van der Waals surface area contributed by atoms with Crippen molar-refractivity contribution >= 4 is 24.3 Å². The number of sulfonamides is 1. The van der Waals surface area contributed by atoms with Crippen LogP contribution in [-0.2, 0) is 24.0 Å². The molecule has 0 heterocycles. The quantitative estimate of drug-likeness (QED) is 0.530. The third-order valence-corrected chi connectivity index (χ3v) is 10.6. The second-order valence-corrected chi connectivity index (χ2v) is 14.0. The third kappa shape index (κ3) is 5.80. The lowest BCUT2D eigenvalue weighted by molar-refractivity contribution is -0.143. The van der Waals surface area contributed by atoms with Crippen LogP contribution in [0.1, 0.15) is 20.8 Å². The van der Waals surface area contributed by atoms with Gasteiger partial charge in [-0.3, -0.25) is 4.79 Å². The average Bonchev–Trinajstić information content (AvgIpc) is 2.56. The van der Waals surface area contributed by atoms with E-state index in [0.717, 1.165) is 0 Å². The largest absolute Gasteiger partial charge is 0.497 e. The van der Waals surface area contributed by atoms with Crippen molar-refractivity contribution in [3.63, 3.8) is 0 Å². The Balaban J connectivity index is 2.97. The van der Waals surface area contributed by atoms with E-state index in [9.17, 15) is 13.2 Å². The standard InChI is InChI=1S/C17H29NO6SSi/c1-17(2,3)26(6,7)24-12-15(16(19)23-5)18-25(20,21)14-10-8-13(22-4)9-11-14/h8-11,15,18H,12H2,1-7H3/t15-/m1/s1. The van der Waals surface area contributed by atoms with Crippen LogP contribution < -0.4 is 9.46 Å². The Morgan fingerprint density at radius 1 is 1.15 bits per heavy atom. The summed E-state index contributed by atoms with van der Waals surface area (Å²) < 4.78 is 43.3. The summed E-state index contributed by atoms with van der Waals surface area (Å²) in [6, 6.07) is 4.76. The van der Waals surface area contributed by atoms with Crippen molar-refractivity contribution in [2.75, 3.05) is 20.8 Å². The molecule has 0 fully saturated rings. The molecule has 1 aromatic carbocycles. The molecule has 0 saturated heterocycles. The van der Waals surface area contributed by atoms with E-state index in [2.05, 4.69) is 25.5 Å². The fourth-order valence-electron chi connectivity index (χ4n) is 1.81. The highest BCUT2D eigenvalue weighted by Crippen LogP contribution is 2.36. The lowest BCUT2D eigenvalue weighted by Gasteiger charge is -2.37. The van der Waals surface area contributed by atoms with Crippen LogP contribution in [0.3, 0.4) is 0 Å². The van der Waals surface area contributed by atoms with Crippen LogP contribution in [0.2, 0.25) is 18.1 Å². The van der Waals surface area contributed by atoms with E-state index in [4.69, 9.17) is 13.9 Å². The molecule has 0 bridgehead atoms.